The van der Waals surface area contributed by atoms with E-state index >= 15 is 0 Å². The zero-order valence-corrected chi connectivity index (χ0v) is 18.0. The van der Waals surface area contributed by atoms with Crippen molar-refractivity contribution in [1.29, 1.82) is 0 Å². The number of esters is 1. The van der Waals surface area contributed by atoms with Crippen LogP contribution in [0.25, 0.3) is 6.08 Å². The summed E-state index contributed by atoms with van der Waals surface area (Å²) in [5, 5.41) is 0. The number of carbonyl (C=O) groups is 2. The Morgan fingerprint density at radius 1 is 1.19 bits per heavy atom. The number of aliphatic imine (C=N–C) groups is 1. The van der Waals surface area contributed by atoms with Crippen molar-refractivity contribution in [1.82, 2.24) is 0 Å². The normalized spacial score (nSPS) is 15.0. The number of Topliss-reactive ketones (excluding diaryl/α,β-unsaturated/α-hetero) is 1. The van der Waals surface area contributed by atoms with Gasteiger partial charge in [0.25, 0.3) is 0 Å². The number of nitrogens with zero attached hydrogens (tertiary/aromatic N) is 1. The Balaban J connectivity index is 1.77. The van der Waals surface area contributed by atoms with Crippen molar-refractivity contribution < 1.29 is 19.1 Å². The molecule has 0 saturated heterocycles. The summed E-state index contributed by atoms with van der Waals surface area (Å²) in [5.74, 6) is 0.444. The molecule has 0 bridgehead atoms. The average molecular weight is 573 g/mol. The molecular weight excluding hydrogens is 560 g/mol. The molecule has 0 radical (unpaired) electrons. The molecule has 1 aliphatic rings. The zero-order valence-electron chi connectivity index (χ0n) is 13.7. The maximum atomic E-state index is 12.2. The van der Waals surface area contributed by atoms with Crippen LogP contribution in [-0.4, -0.2) is 24.3 Å². The summed E-state index contributed by atoms with van der Waals surface area (Å²) >= 11 is 4.29. The second-order valence-corrected chi connectivity index (χ2v) is 7.77. The highest BCUT2D eigenvalue weighted by Gasteiger charge is 2.20. The molecule has 132 valence electrons. The Morgan fingerprint density at radius 2 is 1.85 bits per heavy atom. The fraction of sp³-hybridized carbons (Fsp3) is 0.105. The van der Waals surface area contributed by atoms with E-state index in [1.54, 1.807) is 25.1 Å². The van der Waals surface area contributed by atoms with Crippen LogP contribution < -0.4 is 4.74 Å². The molecule has 3 rings (SSSR count). The van der Waals surface area contributed by atoms with Gasteiger partial charge in [-0.2, -0.15) is 0 Å². The number of benzene rings is 2. The Labute approximate surface area is 177 Å². The van der Waals surface area contributed by atoms with Crippen molar-refractivity contribution in [3.63, 3.8) is 0 Å². The van der Waals surface area contributed by atoms with Gasteiger partial charge in [-0.15, -0.1) is 0 Å². The van der Waals surface area contributed by atoms with E-state index in [9.17, 15) is 9.59 Å². The van der Waals surface area contributed by atoms with E-state index in [1.807, 2.05) is 30.3 Å². The molecule has 1 aliphatic heterocycles. The summed E-state index contributed by atoms with van der Waals surface area (Å²) in [4.78, 5) is 27.9. The average Bonchev–Trinajstić information content (AvgIpc) is 2.92. The van der Waals surface area contributed by atoms with Crippen molar-refractivity contribution >= 4 is 68.9 Å². The smallest absolute Gasteiger partial charge is 0.363 e. The predicted molar refractivity (Wildman–Crippen MR) is 115 cm³/mol. The predicted octanol–water partition coefficient (Wildman–Crippen LogP) is 4.47. The number of halogens is 2. The Bertz CT molecular complexity index is 913. The first kappa shape index (κ1) is 19.0. The molecule has 0 unspecified atom stereocenters. The minimum absolute atomic E-state index is 0.0354. The summed E-state index contributed by atoms with van der Waals surface area (Å²) < 4.78 is 12.3. The number of ketones is 1. The molecule has 0 spiro atoms. The Morgan fingerprint density at radius 3 is 2.42 bits per heavy atom. The lowest BCUT2D eigenvalue weighted by Gasteiger charge is -2.11. The lowest BCUT2D eigenvalue weighted by Crippen LogP contribution is -2.12. The highest BCUT2D eigenvalue weighted by Crippen LogP contribution is 2.30. The molecule has 0 atom stereocenters. The summed E-state index contributed by atoms with van der Waals surface area (Å²) in [5.41, 5.74) is 1.69. The number of hydrogen-bond donors (Lipinski definition) is 0. The van der Waals surface area contributed by atoms with E-state index in [-0.39, 0.29) is 18.1 Å². The Kier molecular flexibility index (Phi) is 6.07. The van der Waals surface area contributed by atoms with E-state index in [2.05, 4.69) is 50.2 Å². The van der Waals surface area contributed by atoms with E-state index in [0.29, 0.717) is 17.2 Å². The first-order valence-electron chi connectivity index (χ1n) is 7.63. The fourth-order valence-corrected chi connectivity index (χ4v) is 4.45. The van der Waals surface area contributed by atoms with Gasteiger partial charge in [-0.05, 0) is 69.0 Å². The SMILES string of the molecule is CC1=N/C(=C\c2cc(I)c(OCC(=O)c3ccccc3)c(I)c2)C(=O)O1. The van der Waals surface area contributed by atoms with Gasteiger partial charge in [0, 0.05) is 12.5 Å². The van der Waals surface area contributed by atoms with Crippen LogP contribution in [0.1, 0.15) is 22.8 Å². The third-order valence-corrected chi connectivity index (χ3v) is 5.10. The van der Waals surface area contributed by atoms with Gasteiger partial charge in [-0.25, -0.2) is 9.79 Å². The monoisotopic (exact) mass is 573 g/mol. The van der Waals surface area contributed by atoms with E-state index in [4.69, 9.17) is 9.47 Å². The summed E-state index contributed by atoms with van der Waals surface area (Å²) in [6.45, 7) is 1.60. The minimum Gasteiger partial charge on any atom is -0.483 e. The fourth-order valence-electron chi connectivity index (χ4n) is 2.32. The summed E-state index contributed by atoms with van der Waals surface area (Å²) in [7, 11) is 0. The third-order valence-electron chi connectivity index (χ3n) is 3.49. The van der Waals surface area contributed by atoms with Gasteiger partial charge in [0.15, 0.2) is 24.0 Å². The van der Waals surface area contributed by atoms with Gasteiger partial charge < -0.3 is 9.47 Å². The summed E-state index contributed by atoms with van der Waals surface area (Å²) in [6.07, 6.45) is 1.67. The molecular formula is C19H13I2NO4. The van der Waals surface area contributed by atoms with Gasteiger partial charge in [-0.3, -0.25) is 4.79 Å². The second-order valence-electron chi connectivity index (χ2n) is 5.44. The van der Waals surface area contributed by atoms with Gasteiger partial charge in [0.2, 0.25) is 0 Å². The summed E-state index contributed by atoms with van der Waals surface area (Å²) in [6, 6.07) is 12.8. The van der Waals surface area contributed by atoms with Crippen molar-refractivity contribution in [2.45, 2.75) is 6.92 Å². The molecule has 7 heteroatoms. The molecule has 2 aromatic rings. The van der Waals surface area contributed by atoms with Crippen molar-refractivity contribution in [3.05, 3.63) is 66.4 Å². The second kappa shape index (κ2) is 8.30. The molecule has 5 nitrogen and oxygen atoms in total. The molecule has 0 fully saturated rings. The first-order chi connectivity index (χ1) is 12.4. The lowest BCUT2D eigenvalue weighted by atomic mass is 10.1. The molecule has 0 N–H and O–H groups in total. The maximum absolute atomic E-state index is 12.2. The number of ether oxygens (including phenoxy) is 2. The number of rotatable bonds is 5. The highest BCUT2D eigenvalue weighted by atomic mass is 127. The quantitative estimate of drug-likeness (QED) is 0.229. The van der Waals surface area contributed by atoms with Gasteiger partial charge in [0.1, 0.15) is 5.75 Å². The van der Waals surface area contributed by atoms with Crippen molar-refractivity contribution in [2.75, 3.05) is 6.61 Å². The molecule has 0 saturated carbocycles. The molecule has 0 aromatic heterocycles. The maximum Gasteiger partial charge on any atom is 0.363 e. The van der Waals surface area contributed by atoms with Crippen LogP contribution in [0, 0.1) is 7.14 Å². The molecule has 2 aromatic carbocycles. The molecule has 1 heterocycles. The zero-order chi connectivity index (χ0) is 18.7. The van der Waals surface area contributed by atoms with E-state index < -0.39 is 5.97 Å². The lowest BCUT2D eigenvalue weighted by molar-refractivity contribution is -0.130. The van der Waals surface area contributed by atoms with Gasteiger partial charge in [-0.1, -0.05) is 30.3 Å². The van der Waals surface area contributed by atoms with Gasteiger partial charge >= 0.3 is 5.97 Å². The standard InChI is InChI=1S/C19H13I2NO4/c1-11-22-16(19(24)26-11)9-12-7-14(20)18(15(21)8-12)25-10-17(23)13-5-3-2-4-6-13/h2-9H,10H2,1H3/b16-9-. The minimum atomic E-state index is -0.457. The number of cyclic esters (lactones) is 1. The number of carbonyl (C=O) groups excluding carboxylic acids is 2. The van der Waals surface area contributed by atoms with Crippen LogP contribution in [0.5, 0.6) is 5.75 Å². The largest absolute Gasteiger partial charge is 0.483 e. The number of hydrogen-bond acceptors (Lipinski definition) is 5. The topological polar surface area (TPSA) is 65.0 Å². The van der Waals surface area contributed by atoms with E-state index in [0.717, 1.165) is 12.7 Å². The van der Waals surface area contributed by atoms with E-state index in [1.165, 1.54) is 0 Å². The van der Waals surface area contributed by atoms with Crippen LogP contribution in [-0.2, 0) is 9.53 Å². The first-order valence-corrected chi connectivity index (χ1v) is 9.79. The molecule has 0 amide bonds. The van der Waals surface area contributed by atoms with Crippen LogP contribution in [0.4, 0.5) is 0 Å². The van der Waals surface area contributed by atoms with Gasteiger partial charge in [0.05, 0.1) is 7.14 Å². The molecule has 0 aliphatic carbocycles. The van der Waals surface area contributed by atoms with Crippen molar-refractivity contribution in [3.8, 4) is 5.75 Å². The van der Waals surface area contributed by atoms with Crippen LogP contribution in [0.15, 0.2) is 53.2 Å². The highest BCUT2D eigenvalue weighted by molar-refractivity contribution is 14.1. The third kappa shape index (κ3) is 4.50. The Hall–Kier alpha value is -1.75. The van der Waals surface area contributed by atoms with Crippen LogP contribution in [0.3, 0.4) is 0 Å². The van der Waals surface area contributed by atoms with Crippen LogP contribution >= 0.6 is 45.2 Å². The molecule has 26 heavy (non-hydrogen) atoms. The van der Waals surface area contributed by atoms with Crippen LogP contribution in [0.2, 0.25) is 0 Å². The van der Waals surface area contributed by atoms with Crippen molar-refractivity contribution in [2.24, 2.45) is 4.99 Å².